The minimum atomic E-state index is -1.30. The second-order valence-corrected chi connectivity index (χ2v) is 5.52. The van der Waals surface area contributed by atoms with Crippen molar-refractivity contribution < 1.29 is 4.39 Å². The van der Waals surface area contributed by atoms with E-state index >= 15 is 4.39 Å². The van der Waals surface area contributed by atoms with Crippen molar-refractivity contribution in [2.45, 2.75) is 25.4 Å². The molecule has 1 fully saturated rings. The first-order chi connectivity index (χ1) is 9.19. The number of halogens is 1. The maximum atomic E-state index is 15.4. The van der Waals surface area contributed by atoms with Crippen LogP contribution in [0.3, 0.4) is 0 Å². The molecule has 1 aromatic heterocycles. The highest BCUT2D eigenvalue weighted by Gasteiger charge is 2.37. The minimum absolute atomic E-state index is 0.0417. The van der Waals surface area contributed by atoms with Crippen molar-refractivity contribution in [2.24, 2.45) is 5.92 Å². The molecule has 1 N–H and O–H groups in total. The van der Waals surface area contributed by atoms with E-state index < -0.39 is 5.67 Å². The zero-order valence-electron chi connectivity index (χ0n) is 11.2. The summed E-state index contributed by atoms with van der Waals surface area (Å²) in [6, 6.07) is 7.74. The maximum Gasteiger partial charge on any atom is 0.137 e. The van der Waals surface area contributed by atoms with Gasteiger partial charge in [0.15, 0.2) is 0 Å². The van der Waals surface area contributed by atoms with Gasteiger partial charge in [0, 0.05) is 30.2 Å². The molecule has 1 aliphatic heterocycles. The lowest BCUT2D eigenvalue weighted by molar-refractivity contribution is 0.0827. The van der Waals surface area contributed by atoms with E-state index in [-0.39, 0.29) is 5.92 Å². The molecule has 3 rings (SSSR count). The molecule has 3 heteroatoms. The van der Waals surface area contributed by atoms with Crippen LogP contribution in [0.1, 0.15) is 25.3 Å². The molecule has 2 nitrogen and oxygen atoms in total. The predicted molar refractivity (Wildman–Crippen MR) is 75.8 cm³/mol. The zero-order chi connectivity index (χ0) is 13.3. The third-order valence-electron chi connectivity index (χ3n) is 4.27. The van der Waals surface area contributed by atoms with Gasteiger partial charge in [-0.1, -0.05) is 18.2 Å². The number of hydrogen-bond donors (Lipinski definition) is 1. The molecule has 0 aliphatic carbocycles. The molecule has 2 heterocycles. The van der Waals surface area contributed by atoms with E-state index in [1.54, 1.807) is 19.3 Å². The summed E-state index contributed by atoms with van der Waals surface area (Å²) in [7, 11) is 0. The number of alkyl halides is 1. The van der Waals surface area contributed by atoms with Gasteiger partial charge in [0.2, 0.25) is 0 Å². The highest BCUT2D eigenvalue weighted by Crippen LogP contribution is 2.40. The third-order valence-corrected chi connectivity index (χ3v) is 4.27. The molecule has 0 amide bonds. The number of benzene rings is 1. The Bertz CT molecular complexity index is 568. The fraction of sp³-hybridized carbons (Fsp3) is 0.438. The Labute approximate surface area is 113 Å². The second-order valence-electron chi connectivity index (χ2n) is 5.52. The lowest BCUT2D eigenvalue weighted by Crippen LogP contribution is -2.40. The van der Waals surface area contributed by atoms with E-state index in [0.29, 0.717) is 0 Å². The normalized spacial score (nSPS) is 23.2. The highest BCUT2D eigenvalue weighted by molar-refractivity contribution is 5.85. The number of rotatable bonds is 2. The molecule has 2 aromatic rings. The van der Waals surface area contributed by atoms with Crippen molar-refractivity contribution in [3.8, 4) is 0 Å². The molecule has 100 valence electrons. The van der Waals surface area contributed by atoms with Gasteiger partial charge in [-0.25, -0.2) is 4.39 Å². The van der Waals surface area contributed by atoms with Crippen LogP contribution in [-0.2, 0) is 5.67 Å². The van der Waals surface area contributed by atoms with Crippen LogP contribution in [-0.4, -0.2) is 18.1 Å². The van der Waals surface area contributed by atoms with Gasteiger partial charge in [0.25, 0.3) is 0 Å². The average Bonchev–Trinajstić information content (AvgIpc) is 2.47. The van der Waals surface area contributed by atoms with E-state index in [1.807, 2.05) is 24.3 Å². The Kier molecular flexibility index (Phi) is 3.23. The summed E-state index contributed by atoms with van der Waals surface area (Å²) in [5.41, 5.74) is -0.505. The molecular formula is C16H19FN2. The molecule has 0 saturated carbocycles. The van der Waals surface area contributed by atoms with Gasteiger partial charge in [0.1, 0.15) is 5.67 Å². The Morgan fingerprint density at radius 3 is 3.05 bits per heavy atom. The number of aromatic nitrogens is 1. The standard InChI is InChI=1S/C16H19FN2/c1-16(17,13-5-3-8-18-11-13)15-6-2-4-12-10-19-9-7-14(12)15/h2,4,6-7,9-10,13,18H,3,5,8,11H2,1H3. The Morgan fingerprint density at radius 2 is 2.26 bits per heavy atom. The molecule has 0 spiro atoms. The number of fused-ring (bicyclic) bond motifs is 1. The van der Waals surface area contributed by atoms with Gasteiger partial charge < -0.3 is 5.32 Å². The van der Waals surface area contributed by atoms with Gasteiger partial charge in [-0.15, -0.1) is 0 Å². The van der Waals surface area contributed by atoms with Crippen LogP contribution in [0, 0.1) is 5.92 Å². The smallest absolute Gasteiger partial charge is 0.137 e. The van der Waals surface area contributed by atoms with Crippen LogP contribution in [0.4, 0.5) is 4.39 Å². The first kappa shape index (κ1) is 12.5. The number of nitrogens with zero attached hydrogens (tertiary/aromatic N) is 1. The fourth-order valence-electron chi connectivity index (χ4n) is 3.08. The van der Waals surface area contributed by atoms with Crippen molar-refractivity contribution in [1.82, 2.24) is 10.3 Å². The van der Waals surface area contributed by atoms with Crippen molar-refractivity contribution >= 4 is 10.8 Å². The number of piperidine rings is 1. The van der Waals surface area contributed by atoms with Crippen molar-refractivity contribution in [3.63, 3.8) is 0 Å². The van der Waals surface area contributed by atoms with E-state index in [4.69, 9.17) is 0 Å². The van der Waals surface area contributed by atoms with Crippen LogP contribution in [0.15, 0.2) is 36.7 Å². The predicted octanol–water partition coefficient (Wildman–Crippen LogP) is 3.42. The Hall–Kier alpha value is -1.48. The fourth-order valence-corrected chi connectivity index (χ4v) is 3.08. The summed E-state index contributed by atoms with van der Waals surface area (Å²) >= 11 is 0. The van der Waals surface area contributed by atoms with Crippen LogP contribution < -0.4 is 5.32 Å². The van der Waals surface area contributed by atoms with E-state index in [9.17, 15) is 0 Å². The highest BCUT2D eigenvalue weighted by atomic mass is 19.1. The van der Waals surface area contributed by atoms with Crippen molar-refractivity contribution in [2.75, 3.05) is 13.1 Å². The summed E-state index contributed by atoms with van der Waals surface area (Å²) in [6.45, 7) is 3.49. The zero-order valence-corrected chi connectivity index (χ0v) is 11.2. The third kappa shape index (κ3) is 2.23. The SMILES string of the molecule is CC(F)(c1cccc2cnccc12)C1CCCNC1. The summed E-state index contributed by atoms with van der Waals surface area (Å²) in [5, 5.41) is 5.29. The van der Waals surface area contributed by atoms with E-state index in [2.05, 4.69) is 10.3 Å². The first-order valence-corrected chi connectivity index (χ1v) is 6.92. The van der Waals surface area contributed by atoms with E-state index in [0.717, 1.165) is 42.3 Å². The molecule has 0 radical (unpaired) electrons. The summed E-state index contributed by atoms with van der Waals surface area (Å²) < 4.78 is 15.4. The van der Waals surface area contributed by atoms with Crippen LogP contribution in [0.2, 0.25) is 0 Å². The van der Waals surface area contributed by atoms with Crippen molar-refractivity contribution in [1.29, 1.82) is 0 Å². The van der Waals surface area contributed by atoms with Gasteiger partial charge in [-0.2, -0.15) is 0 Å². The molecular weight excluding hydrogens is 239 g/mol. The van der Waals surface area contributed by atoms with Gasteiger partial charge >= 0.3 is 0 Å². The monoisotopic (exact) mass is 258 g/mol. The Balaban J connectivity index is 2.07. The lowest BCUT2D eigenvalue weighted by atomic mass is 9.79. The van der Waals surface area contributed by atoms with Crippen molar-refractivity contribution in [3.05, 3.63) is 42.2 Å². The van der Waals surface area contributed by atoms with Crippen LogP contribution >= 0.6 is 0 Å². The van der Waals surface area contributed by atoms with Gasteiger partial charge in [-0.3, -0.25) is 4.98 Å². The molecule has 2 unspecified atom stereocenters. The maximum absolute atomic E-state index is 15.4. The first-order valence-electron chi connectivity index (χ1n) is 6.92. The molecule has 1 aromatic carbocycles. The lowest BCUT2D eigenvalue weighted by Gasteiger charge is -2.34. The molecule has 2 atom stereocenters. The largest absolute Gasteiger partial charge is 0.316 e. The number of nitrogens with one attached hydrogen (secondary N) is 1. The topological polar surface area (TPSA) is 24.9 Å². The quantitative estimate of drug-likeness (QED) is 0.892. The second kappa shape index (κ2) is 4.89. The van der Waals surface area contributed by atoms with E-state index in [1.165, 1.54) is 0 Å². The molecule has 1 saturated heterocycles. The van der Waals surface area contributed by atoms with Crippen LogP contribution in [0.5, 0.6) is 0 Å². The minimum Gasteiger partial charge on any atom is -0.316 e. The molecule has 19 heavy (non-hydrogen) atoms. The molecule has 0 bridgehead atoms. The number of hydrogen-bond acceptors (Lipinski definition) is 2. The van der Waals surface area contributed by atoms with Gasteiger partial charge in [0.05, 0.1) is 0 Å². The average molecular weight is 258 g/mol. The summed E-state index contributed by atoms with van der Waals surface area (Å²) in [5.74, 6) is 0.0417. The summed E-state index contributed by atoms with van der Waals surface area (Å²) in [4.78, 5) is 4.11. The summed E-state index contributed by atoms with van der Waals surface area (Å²) in [6.07, 6.45) is 5.53. The molecule has 1 aliphatic rings. The number of pyridine rings is 1. The Morgan fingerprint density at radius 1 is 1.37 bits per heavy atom. The van der Waals surface area contributed by atoms with Gasteiger partial charge in [-0.05, 0) is 43.3 Å². The van der Waals surface area contributed by atoms with Crippen LogP contribution in [0.25, 0.3) is 10.8 Å².